The zero-order valence-corrected chi connectivity index (χ0v) is 15.9. The molecule has 0 unspecified atom stereocenters. The standard InChI is InChI=1S/C11H13IN4O6S2/c12-9-2-1-3-10(8-9)16-14-11(13-15-16)4-5-22-24(20,21)7-6-23(17,18)19/h1-3,8H,4-7H2,(H,17,18,19). The van der Waals surface area contributed by atoms with E-state index >= 15 is 0 Å². The van der Waals surface area contributed by atoms with Crippen LogP contribution in [0.15, 0.2) is 24.3 Å². The highest BCUT2D eigenvalue weighted by Gasteiger charge is 2.17. The van der Waals surface area contributed by atoms with Crippen molar-refractivity contribution in [3.05, 3.63) is 33.7 Å². The Morgan fingerprint density at radius 2 is 1.96 bits per heavy atom. The molecule has 0 spiro atoms. The van der Waals surface area contributed by atoms with E-state index < -0.39 is 31.7 Å². The quantitative estimate of drug-likeness (QED) is 0.310. The first kappa shape index (κ1) is 19.2. The molecular weight excluding hydrogens is 475 g/mol. The Hall–Kier alpha value is -1.16. The number of benzene rings is 1. The zero-order chi connectivity index (χ0) is 17.8. The smallest absolute Gasteiger partial charge is 0.268 e. The summed E-state index contributed by atoms with van der Waals surface area (Å²) in [5.74, 6) is -1.47. The predicted octanol–water partition coefficient (Wildman–Crippen LogP) is 0.0436. The van der Waals surface area contributed by atoms with Gasteiger partial charge in [0.1, 0.15) is 0 Å². The molecule has 0 saturated heterocycles. The van der Waals surface area contributed by atoms with Crippen LogP contribution in [0.5, 0.6) is 0 Å². The molecule has 10 nitrogen and oxygen atoms in total. The van der Waals surface area contributed by atoms with Crippen molar-refractivity contribution in [1.29, 1.82) is 0 Å². The Labute approximate surface area is 152 Å². The van der Waals surface area contributed by atoms with Crippen LogP contribution < -0.4 is 0 Å². The summed E-state index contributed by atoms with van der Waals surface area (Å²) in [5.41, 5.74) is 0.711. The third-order valence-electron chi connectivity index (χ3n) is 2.67. The number of tetrazole rings is 1. The van der Waals surface area contributed by atoms with Crippen LogP contribution in [0.2, 0.25) is 0 Å². The summed E-state index contributed by atoms with van der Waals surface area (Å²) >= 11 is 2.15. The van der Waals surface area contributed by atoms with Crippen LogP contribution >= 0.6 is 22.6 Å². The van der Waals surface area contributed by atoms with Gasteiger partial charge in [-0.25, -0.2) is 0 Å². The van der Waals surface area contributed by atoms with Gasteiger partial charge in [-0.1, -0.05) is 6.07 Å². The SMILES string of the molecule is O=S(=O)(O)CCS(=O)(=O)OCCc1nnn(-c2cccc(I)c2)n1. The van der Waals surface area contributed by atoms with Gasteiger partial charge in [-0.2, -0.15) is 16.8 Å². The summed E-state index contributed by atoms with van der Waals surface area (Å²) < 4.78 is 58.2. The molecule has 0 saturated carbocycles. The van der Waals surface area contributed by atoms with E-state index in [0.717, 1.165) is 3.57 Å². The van der Waals surface area contributed by atoms with Gasteiger partial charge in [0.2, 0.25) is 0 Å². The molecule has 24 heavy (non-hydrogen) atoms. The summed E-state index contributed by atoms with van der Waals surface area (Å²) in [5, 5.41) is 11.8. The Balaban J connectivity index is 1.89. The first-order valence-electron chi connectivity index (χ1n) is 6.52. The fourth-order valence-electron chi connectivity index (χ4n) is 1.58. The van der Waals surface area contributed by atoms with Gasteiger partial charge in [-0.15, -0.1) is 15.0 Å². The number of rotatable bonds is 8. The lowest BCUT2D eigenvalue weighted by molar-refractivity contribution is 0.320. The Kier molecular flexibility index (Phi) is 6.24. The molecule has 0 aliphatic rings. The van der Waals surface area contributed by atoms with Crippen molar-refractivity contribution in [3.8, 4) is 5.69 Å². The van der Waals surface area contributed by atoms with Crippen molar-refractivity contribution in [2.45, 2.75) is 6.42 Å². The molecule has 13 heteroatoms. The van der Waals surface area contributed by atoms with Crippen LogP contribution in [0, 0.1) is 3.57 Å². The molecule has 0 amide bonds. The largest absolute Gasteiger partial charge is 0.286 e. The molecule has 0 aliphatic carbocycles. The molecule has 1 aromatic carbocycles. The normalized spacial score (nSPS) is 12.4. The monoisotopic (exact) mass is 488 g/mol. The van der Waals surface area contributed by atoms with E-state index in [4.69, 9.17) is 4.55 Å². The topological polar surface area (TPSA) is 141 Å². The highest BCUT2D eigenvalue weighted by Crippen LogP contribution is 2.10. The molecule has 0 radical (unpaired) electrons. The summed E-state index contributed by atoms with van der Waals surface area (Å²) in [4.78, 5) is 1.31. The Morgan fingerprint density at radius 3 is 2.62 bits per heavy atom. The Bertz CT molecular complexity index is 912. The highest BCUT2D eigenvalue weighted by molar-refractivity contribution is 14.1. The molecule has 132 valence electrons. The molecule has 0 aliphatic heterocycles. The number of aromatic nitrogens is 4. The van der Waals surface area contributed by atoms with E-state index in [0.29, 0.717) is 5.69 Å². The van der Waals surface area contributed by atoms with Gasteiger partial charge < -0.3 is 0 Å². The number of halogens is 1. The number of hydrogen-bond acceptors (Lipinski definition) is 8. The summed E-state index contributed by atoms with van der Waals surface area (Å²) in [6.07, 6.45) is 0.0784. The molecule has 2 rings (SSSR count). The molecule has 0 atom stereocenters. The number of hydrogen-bond donors (Lipinski definition) is 1. The fourth-order valence-corrected chi connectivity index (χ4v) is 4.22. The van der Waals surface area contributed by atoms with E-state index in [9.17, 15) is 16.8 Å². The van der Waals surface area contributed by atoms with E-state index in [2.05, 4.69) is 42.2 Å². The maximum Gasteiger partial charge on any atom is 0.268 e. The zero-order valence-electron chi connectivity index (χ0n) is 12.1. The van der Waals surface area contributed by atoms with Gasteiger partial charge in [0.15, 0.2) is 5.82 Å². The lowest BCUT2D eigenvalue weighted by Crippen LogP contribution is -2.19. The summed E-state index contributed by atoms with van der Waals surface area (Å²) in [7, 11) is -8.42. The molecule has 0 bridgehead atoms. The third-order valence-corrected chi connectivity index (χ3v) is 5.55. The molecule has 1 N–H and O–H groups in total. The van der Waals surface area contributed by atoms with Crippen molar-refractivity contribution in [3.63, 3.8) is 0 Å². The van der Waals surface area contributed by atoms with Crippen LogP contribution in [0.25, 0.3) is 5.69 Å². The lowest BCUT2D eigenvalue weighted by Gasteiger charge is -2.03. The van der Waals surface area contributed by atoms with Crippen LogP contribution in [-0.2, 0) is 30.8 Å². The summed E-state index contributed by atoms with van der Waals surface area (Å²) in [6, 6.07) is 7.39. The van der Waals surface area contributed by atoms with Gasteiger partial charge in [0, 0.05) is 9.99 Å². The maximum absolute atomic E-state index is 11.5. The minimum absolute atomic E-state index is 0.0784. The van der Waals surface area contributed by atoms with Gasteiger partial charge in [0.05, 0.1) is 23.8 Å². The first-order valence-corrected chi connectivity index (χ1v) is 10.8. The second-order valence-electron chi connectivity index (χ2n) is 4.59. The van der Waals surface area contributed by atoms with Gasteiger partial charge in [0.25, 0.3) is 20.2 Å². The fraction of sp³-hybridized carbons (Fsp3) is 0.364. The molecule has 1 aromatic heterocycles. The van der Waals surface area contributed by atoms with Crippen molar-refractivity contribution in [2.75, 3.05) is 18.1 Å². The van der Waals surface area contributed by atoms with Crippen molar-refractivity contribution in [2.24, 2.45) is 0 Å². The molecule has 1 heterocycles. The summed E-state index contributed by atoms with van der Waals surface area (Å²) in [6.45, 7) is -0.258. The van der Waals surface area contributed by atoms with Crippen LogP contribution in [0.4, 0.5) is 0 Å². The van der Waals surface area contributed by atoms with Gasteiger partial charge in [-0.05, 0) is 46.0 Å². The van der Waals surface area contributed by atoms with Crippen LogP contribution in [0.3, 0.4) is 0 Å². The second-order valence-corrected chi connectivity index (χ2v) is 9.17. The lowest BCUT2D eigenvalue weighted by atomic mass is 10.3. The van der Waals surface area contributed by atoms with Crippen molar-refractivity contribution >= 4 is 42.8 Å². The van der Waals surface area contributed by atoms with Gasteiger partial charge in [-0.3, -0.25) is 8.74 Å². The minimum Gasteiger partial charge on any atom is -0.286 e. The van der Waals surface area contributed by atoms with E-state index in [-0.39, 0.29) is 18.9 Å². The second kappa shape index (κ2) is 7.81. The van der Waals surface area contributed by atoms with E-state index in [1.54, 1.807) is 6.07 Å². The van der Waals surface area contributed by atoms with Crippen LogP contribution in [-0.4, -0.2) is 59.7 Å². The van der Waals surface area contributed by atoms with E-state index in [1.807, 2.05) is 18.2 Å². The van der Waals surface area contributed by atoms with Crippen molar-refractivity contribution in [1.82, 2.24) is 20.2 Å². The van der Waals surface area contributed by atoms with Crippen molar-refractivity contribution < 1.29 is 25.6 Å². The highest BCUT2D eigenvalue weighted by atomic mass is 127. The Morgan fingerprint density at radius 1 is 1.21 bits per heavy atom. The average molecular weight is 488 g/mol. The maximum atomic E-state index is 11.5. The first-order chi connectivity index (χ1) is 11.1. The molecular formula is C11H13IN4O6S2. The third kappa shape index (κ3) is 6.39. The van der Waals surface area contributed by atoms with Crippen LogP contribution in [0.1, 0.15) is 5.82 Å². The van der Waals surface area contributed by atoms with E-state index in [1.165, 1.54) is 4.80 Å². The predicted molar refractivity (Wildman–Crippen MR) is 91.7 cm³/mol. The average Bonchev–Trinajstić information content (AvgIpc) is 2.93. The number of nitrogens with zero attached hydrogens (tertiary/aromatic N) is 4. The molecule has 2 aromatic rings. The molecule has 0 fully saturated rings. The van der Waals surface area contributed by atoms with Gasteiger partial charge >= 0.3 is 0 Å². The minimum atomic E-state index is -4.36.